The van der Waals surface area contributed by atoms with Crippen LogP contribution in [0, 0.1) is 5.41 Å². The first-order chi connectivity index (χ1) is 10.6. The first kappa shape index (κ1) is 21.3. The number of hydrogen-bond acceptors (Lipinski definition) is 7. The lowest BCUT2D eigenvalue weighted by molar-refractivity contribution is -0.346. The SMILES string of the molecule is CCOC(C=COCCC(CO)(CO)CO)(OCC)OCC. The largest absolute Gasteiger partial charge is 0.501 e. The van der Waals surface area contributed by atoms with E-state index >= 15 is 0 Å². The summed E-state index contributed by atoms with van der Waals surface area (Å²) in [5.41, 5.74) is -0.940. The number of aliphatic hydroxyl groups excluding tert-OH is 3. The second-order valence-corrected chi connectivity index (χ2v) is 4.80. The normalized spacial score (nSPS) is 13.0. The van der Waals surface area contributed by atoms with Gasteiger partial charge in [-0.25, -0.2) is 0 Å². The van der Waals surface area contributed by atoms with Crippen LogP contribution in [0.5, 0.6) is 0 Å². The van der Waals surface area contributed by atoms with Crippen LogP contribution in [-0.4, -0.2) is 67.5 Å². The maximum absolute atomic E-state index is 9.22. The average Bonchev–Trinajstić information content (AvgIpc) is 2.52. The Morgan fingerprint density at radius 3 is 1.64 bits per heavy atom. The number of aliphatic hydroxyl groups is 3. The molecule has 7 heteroatoms. The molecular weight excluding hydrogens is 292 g/mol. The molecule has 7 nitrogen and oxygen atoms in total. The molecule has 3 N–H and O–H groups in total. The molecule has 0 aromatic heterocycles. The van der Waals surface area contributed by atoms with E-state index in [1.165, 1.54) is 12.3 Å². The van der Waals surface area contributed by atoms with Crippen LogP contribution in [0.25, 0.3) is 0 Å². The smallest absolute Gasteiger partial charge is 0.307 e. The average molecular weight is 322 g/mol. The molecule has 0 atom stereocenters. The van der Waals surface area contributed by atoms with E-state index in [-0.39, 0.29) is 26.4 Å². The van der Waals surface area contributed by atoms with Crippen LogP contribution in [0.15, 0.2) is 12.3 Å². The summed E-state index contributed by atoms with van der Waals surface area (Å²) in [6, 6.07) is 0. The van der Waals surface area contributed by atoms with Gasteiger partial charge in [-0.05, 0) is 27.2 Å². The van der Waals surface area contributed by atoms with Crippen molar-refractivity contribution >= 4 is 0 Å². The minimum Gasteiger partial charge on any atom is -0.501 e. The Bertz CT molecular complexity index is 264. The highest BCUT2D eigenvalue weighted by molar-refractivity contribution is 4.86. The third kappa shape index (κ3) is 7.04. The van der Waals surface area contributed by atoms with Gasteiger partial charge in [0.1, 0.15) is 0 Å². The molecule has 0 aromatic carbocycles. The quantitative estimate of drug-likeness (QED) is 0.245. The summed E-state index contributed by atoms with van der Waals surface area (Å²) in [5.74, 6) is -1.28. The van der Waals surface area contributed by atoms with Crippen molar-refractivity contribution in [2.75, 3.05) is 46.2 Å². The summed E-state index contributed by atoms with van der Waals surface area (Å²) in [6.07, 6.45) is 3.24. The monoisotopic (exact) mass is 322 g/mol. The summed E-state index contributed by atoms with van der Waals surface area (Å²) in [7, 11) is 0. The number of rotatable bonds is 14. The van der Waals surface area contributed by atoms with Crippen molar-refractivity contribution in [3.8, 4) is 0 Å². The van der Waals surface area contributed by atoms with Crippen LogP contribution in [0.4, 0.5) is 0 Å². The fourth-order valence-electron chi connectivity index (χ4n) is 1.73. The van der Waals surface area contributed by atoms with Gasteiger partial charge >= 0.3 is 5.97 Å². The van der Waals surface area contributed by atoms with Gasteiger partial charge in [-0.2, -0.15) is 0 Å². The fraction of sp³-hybridized carbons (Fsp3) is 0.867. The van der Waals surface area contributed by atoms with Crippen molar-refractivity contribution in [3.05, 3.63) is 12.3 Å². The zero-order valence-corrected chi connectivity index (χ0v) is 13.8. The second-order valence-electron chi connectivity index (χ2n) is 4.80. The molecule has 0 aliphatic carbocycles. The number of hydrogen-bond donors (Lipinski definition) is 3. The van der Waals surface area contributed by atoms with Crippen molar-refractivity contribution in [2.45, 2.75) is 33.2 Å². The zero-order chi connectivity index (χ0) is 16.9. The Kier molecular flexibility index (Phi) is 11.4. The minimum absolute atomic E-state index is 0.221. The Morgan fingerprint density at radius 1 is 0.818 bits per heavy atom. The maximum atomic E-state index is 9.22. The summed E-state index contributed by atoms with van der Waals surface area (Å²) in [4.78, 5) is 0. The zero-order valence-electron chi connectivity index (χ0n) is 13.8. The highest BCUT2D eigenvalue weighted by atomic mass is 16.9. The van der Waals surface area contributed by atoms with Crippen molar-refractivity contribution < 1.29 is 34.3 Å². The molecule has 132 valence electrons. The Labute approximate surface area is 132 Å². The molecule has 0 fully saturated rings. The summed E-state index contributed by atoms with van der Waals surface area (Å²) >= 11 is 0. The molecule has 0 radical (unpaired) electrons. The molecule has 0 amide bonds. The van der Waals surface area contributed by atoms with Crippen molar-refractivity contribution in [1.82, 2.24) is 0 Å². The number of ether oxygens (including phenoxy) is 4. The lowest BCUT2D eigenvalue weighted by Gasteiger charge is -2.29. The fourth-order valence-corrected chi connectivity index (χ4v) is 1.73. The van der Waals surface area contributed by atoms with E-state index < -0.39 is 11.4 Å². The van der Waals surface area contributed by atoms with Gasteiger partial charge < -0.3 is 34.3 Å². The van der Waals surface area contributed by atoms with E-state index in [2.05, 4.69) is 0 Å². The van der Waals surface area contributed by atoms with E-state index in [9.17, 15) is 15.3 Å². The first-order valence-corrected chi connectivity index (χ1v) is 7.61. The molecule has 0 rings (SSSR count). The molecule has 0 saturated heterocycles. The molecule has 0 aliphatic rings. The molecule has 0 saturated carbocycles. The van der Waals surface area contributed by atoms with E-state index in [1.807, 2.05) is 20.8 Å². The van der Waals surface area contributed by atoms with E-state index in [0.717, 1.165) is 0 Å². The van der Waals surface area contributed by atoms with Crippen LogP contribution in [0.3, 0.4) is 0 Å². The summed E-state index contributed by atoms with van der Waals surface area (Å²) in [6.45, 7) is 6.01. The topological polar surface area (TPSA) is 97.6 Å². The van der Waals surface area contributed by atoms with Gasteiger partial charge in [0, 0.05) is 31.3 Å². The predicted octanol–water partition coefficient (Wildman–Crippen LogP) is 0.633. The molecule has 0 unspecified atom stereocenters. The Hall–Kier alpha value is -0.700. The molecule has 0 heterocycles. The van der Waals surface area contributed by atoms with Crippen molar-refractivity contribution in [2.24, 2.45) is 5.41 Å². The molecular formula is C15H30O7. The van der Waals surface area contributed by atoms with E-state index in [4.69, 9.17) is 18.9 Å². The highest BCUT2D eigenvalue weighted by Crippen LogP contribution is 2.21. The van der Waals surface area contributed by atoms with Gasteiger partial charge in [0.15, 0.2) is 0 Å². The standard InChI is InChI=1S/C15H30O7/c1-4-20-15(21-5-2,22-6-3)8-10-19-9-7-14(11-16,12-17)13-18/h8,10,16-18H,4-7,9,11-13H2,1-3H3. The van der Waals surface area contributed by atoms with Crippen LogP contribution in [0.2, 0.25) is 0 Å². The third-order valence-electron chi connectivity index (χ3n) is 3.16. The van der Waals surface area contributed by atoms with Crippen LogP contribution >= 0.6 is 0 Å². The maximum Gasteiger partial charge on any atom is 0.307 e. The summed E-state index contributed by atoms with van der Waals surface area (Å²) in [5, 5.41) is 27.7. The molecule has 0 aliphatic heterocycles. The first-order valence-electron chi connectivity index (χ1n) is 7.61. The Morgan fingerprint density at radius 2 is 1.27 bits per heavy atom. The molecule has 0 spiro atoms. The van der Waals surface area contributed by atoms with Crippen molar-refractivity contribution in [3.63, 3.8) is 0 Å². The third-order valence-corrected chi connectivity index (χ3v) is 3.16. The van der Waals surface area contributed by atoms with Gasteiger partial charge in [0.05, 0.1) is 32.7 Å². The molecule has 0 bridgehead atoms. The van der Waals surface area contributed by atoms with Gasteiger partial charge in [-0.1, -0.05) is 0 Å². The van der Waals surface area contributed by atoms with E-state index in [0.29, 0.717) is 26.2 Å². The summed E-state index contributed by atoms with van der Waals surface area (Å²) < 4.78 is 21.8. The lowest BCUT2D eigenvalue weighted by atomic mass is 9.88. The molecule has 0 aromatic rings. The van der Waals surface area contributed by atoms with E-state index in [1.54, 1.807) is 0 Å². The van der Waals surface area contributed by atoms with Crippen LogP contribution in [-0.2, 0) is 18.9 Å². The predicted molar refractivity (Wildman–Crippen MR) is 81.0 cm³/mol. The molecule has 22 heavy (non-hydrogen) atoms. The van der Waals surface area contributed by atoms with Gasteiger partial charge in [0.2, 0.25) is 0 Å². The minimum atomic E-state index is -1.28. The van der Waals surface area contributed by atoms with Crippen molar-refractivity contribution in [1.29, 1.82) is 0 Å². The highest BCUT2D eigenvalue weighted by Gasteiger charge is 2.30. The second kappa shape index (κ2) is 11.8. The van der Waals surface area contributed by atoms with Gasteiger partial charge in [0.25, 0.3) is 0 Å². The van der Waals surface area contributed by atoms with Crippen LogP contribution in [0.1, 0.15) is 27.2 Å². The Balaban J connectivity index is 4.52. The van der Waals surface area contributed by atoms with Crippen LogP contribution < -0.4 is 0 Å². The van der Waals surface area contributed by atoms with Gasteiger partial charge in [-0.15, -0.1) is 0 Å². The van der Waals surface area contributed by atoms with Gasteiger partial charge in [-0.3, -0.25) is 0 Å². The lowest BCUT2D eigenvalue weighted by Crippen LogP contribution is -2.37.